The molecule has 1 aliphatic heterocycles. The van der Waals surface area contributed by atoms with E-state index in [1.165, 1.54) is 26.1 Å². The molecule has 1 aromatic rings. The van der Waals surface area contributed by atoms with Crippen LogP contribution in [0.1, 0.15) is 25.5 Å². The van der Waals surface area contributed by atoms with Crippen LogP contribution in [0.3, 0.4) is 0 Å². The monoisotopic (exact) mass is 286 g/mol. The number of aliphatic hydroxyl groups is 2. The third-order valence-corrected chi connectivity index (χ3v) is 3.70. The largest absolute Gasteiger partial charge is 0.387 e. The zero-order valence-electron chi connectivity index (χ0n) is 10.9. The van der Waals surface area contributed by atoms with Crippen molar-refractivity contribution >= 4 is 5.69 Å². The summed E-state index contributed by atoms with van der Waals surface area (Å²) in [7, 11) is 0. The van der Waals surface area contributed by atoms with Gasteiger partial charge in [-0.3, -0.25) is 15.1 Å². The Morgan fingerprint density at radius 3 is 2.85 bits per heavy atom. The first-order chi connectivity index (χ1) is 9.26. The first kappa shape index (κ1) is 14.8. The number of pyridine rings is 1. The van der Waals surface area contributed by atoms with Gasteiger partial charge in [-0.25, -0.2) is 4.39 Å². The van der Waals surface area contributed by atoms with Gasteiger partial charge in [-0.1, -0.05) is 0 Å². The zero-order chi connectivity index (χ0) is 15.1. The molecule has 0 radical (unpaired) electrons. The van der Waals surface area contributed by atoms with Crippen LogP contribution in [0.15, 0.2) is 18.5 Å². The summed E-state index contributed by atoms with van der Waals surface area (Å²) >= 11 is 0. The molecule has 8 heteroatoms. The van der Waals surface area contributed by atoms with Crippen molar-refractivity contribution in [2.75, 3.05) is 0 Å². The second-order valence-electron chi connectivity index (χ2n) is 5.01. The molecule has 5 unspecified atom stereocenters. The smallest absolute Gasteiger partial charge is 0.293 e. The van der Waals surface area contributed by atoms with Crippen molar-refractivity contribution in [2.24, 2.45) is 0 Å². The zero-order valence-corrected chi connectivity index (χ0v) is 10.9. The summed E-state index contributed by atoms with van der Waals surface area (Å²) in [6, 6.07) is 1.27. The second-order valence-corrected chi connectivity index (χ2v) is 5.01. The van der Waals surface area contributed by atoms with E-state index < -0.39 is 35.0 Å². The molecule has 0 aromatic carbocycles. The SMILES string of the molecule is CC1OC(c2ccncc2[N+](=O)[O-])C(F)C(O)C1(C)O. The van der Waals surface area contributed by atoms with E-state index in [0.29, 0.717) is 0 Å². The lowest BCUT2D eigenvalue weighted by Gasteiger charge is -2.44. The predicted molar refractivity (Wildman–Crippen MR) is 65.7 cm³/mol. The lowest BCUT2D eigenvalue weighted by molar-refractivity contribution is -0.387. The van der Waals surface area contributed by atoms with Crippen LogP contribution in [0.4, 0.5) is 10.1 Å². The average Bonchev–Trinajstić information content (AvgIpc) is 2.41. The van der Waals surface area contributed by atoms with Crippen molar-refractivity contribution in [3.63, 3.8) is 0 Å². The fraction of sp³-hybridized carbons (Fsp3) is 0.583. The van der Waals surface area contributed by atoms with Crippen LogP contribution < -0.4 is 0 Å². The van der Waals surface area contributed by atoms with Gasteiger partial charge in [0, 0.05) is 6.20 Å². The Morgan fingerprint density at radius 2 is 2.25 bits per heavy atom. The minimum Gasteiger partial charge on any atom is -0.387 e. The predicted octanol–water partition coefficient (Wildman–Crippen LogP) is 0.900. The first-order valence-electron chi connectivity index (χ1n) is 6.05. The molecule has 0 aliphatic carbocycles. The third-order valence-electron chi connectivity index (χ3n) is 3.70. The van der Waals surface area contributed by atoms with Crippen LogP contribution in [0, 0.1) is 10.1 Å². The van der Waals surface area contributed by atoms with Crippen LogP contribution >= 0.6 is 0 Å². The van der Waals surface area contributed by atoms with Gasteiger partial charge in [0.1, 0.15) is 24.0 Å². The summed E-state index contributed by atoms with van der Waals surface area (Å²) in [5.74, 6) is 0. The fourth-order valence-electron chi connectivity index (χ4n) is 2.20. The summed E-state index contributed by atoms with van der Waals surface area (Å²) in [6.07, 6.45) is -3.63. The van der Waals surface area contributed by atoms with E-state index in [4.69, 9.17) is 4.74 Å². The van der Waals surface area contributed by atoms with E-state index in [-0.39, 0.29) is 11.3 Å². The molecule has 1 aromatic heterocycles. The Hall–Kier alpha value is -1.64. The minimum absolute atomic E-state index is 0.0149. The molecule has 7 nitrogen and oxygen atoms in total. The molecule has 2 heterocycles. The van der Waals surface area contributed by atoms with Crippen molar-refractivity contribution in [1.29, 1.82) is 0 Å². The number of nitro groups is 1. The summed E-state index contributed by atoms with van der Waals surface area (Å²) in [5, 5.41) is 30.7. The summed E-state index contributed by atoms with van der Waals surface area (Å²) in [5.41, 5.74) is -2.17. The highest BCUT2D eigenvalue weighted by atomic mass is 19.1. The van der Waals surface area contributed by atoms with Gasteiger partial charge in [-0.2, -0.15) is 0 Å². The Bertz CT molecular complexity index is 524. The molecule has 0 amide bonds. The minimum atomic E-state index is -1.98. The molecular weight excluding hydrogens is 271 g/mol. The number of aromatic nitrogens is 1. The van der Waals surface area contributed by atoms with Gasteiger partial charge < -0.3 is 14.9 Å². The summed E-state index contributed by atoms with van der Waals surface area (Å²) in [6.45, 7) is 2.72. The van der Waals surface area contributed by atoms with Crippen LogP contribution in [-0.4, -0.2) is 44.1 Å². The van der Waals surface area contributed by atoms with Crippen molar-refractivity contribution in [2.45, 2.75) is 43.9 Å². The molecule has 1 aliphatic rings. The molecule has 0 spiro atoms. The Labute approximate surface area is 114 Å². The fourth-order valence-corrected chi connectivity index (χ4v) is 2.20. The van der Waals surface area contributed by atoms with Gasteiger partial charge in [-0.05, 0) is 19.9 Å². The number of halogens is 1. The molecule has 20 heavy (non-hydrogen) atoms. The van der Waals surface area contributed by atoms with Gasteiger partial charge in [0.05, 0.1) is 16.6 Å². The van der Waals surface area contributed by atoms with Crippen LogP contribution in [0.5, 0.6) is 0 Å². The highest BCUT2D eigenvalue weighted by Gasteiger charge is 2.52. The van der Waals surface area contributed by atoms with E-state index in [1.54, 1.807) is 0 Å². The molecule has 1 saturated heterocycles. The number of hydrogen-bond donors (Lipinski definition) is 2. The van der Waals surface area contributed by atoms with Crippen LogP contribution in [0.25, 0.3) is 0 Å². The molecule has 5 atom stereocenters. The Balaban J connectivity index is 2.42. The van der Waals surface area contributed by atoms with Gasteiger partial charge in [-0.15, -0.1) is 0 Å². The van der Waals surface area contributed by atoms with E-state index in [1.807, 2.05) is 0 Å². The lowest BCUT2D eigenvalue weighted by Crippen LogP contribution is -2.59. The van der Waals surface area contributed by atoms with E-state index in [9.17, 15) is 24.7 Å². The standard InChI is InChI=1S/C12H15FN2O5/c1-6-12(2,17)11(16)9(13)10(20-6)7-3-4-14-5-8(7)15(18)19/h3-6,9-11,16-17H,1-2H3. The van der Waals surface area contributed by atoms with Gasteiger partial charge in [0.25, 0.3) is 5.69 Å². The van der Waals surface area contributed by atoms with Gasteiger partial charge in [0.15, 0.2) is 6.17 Å². The summed E-state index contributed by atoms with van der Waals surface area (Å²) in [4.78, 5) is 13.9. The van der Waals surface area contributed by atoms with Gasteiger partial charge in [0.2, 0.25) is 0 Å². The molecule has 1 fully saturated rings. The Morgan fingerprint density at radius 1 is 1.60 bits per heavy atom. The third kappa shape index (κ3) is 2.26. The van der Waals surface area contributed by atoms with Crippen molar-refractivity contribution in [3.8, 4) is 0 Å². The van der Waals surface area contributed by atoms with E-state index in [0.717, 1.165) is 6.20 Å². The Kier molecular flexibility index (Phi) is 3.72. The quantitative estimate of drug-likeness (QED) is 0.618. The maximum atomic E-state index is 14.3. The number of alkyl halides is 1. The number of rotatable bonds is 2. The maximum absolute atomic E-state index is 14.3. The topological polar surface area (TPSA) is 106 Å². The number of hydrogen-bond acceptors (Lipinski definition) is 6. The van der Waals surface area contributed by atoms with Crippen LogP contribution in [0.2, 0.25) is 0 Å². The van der Waals surface area contributed by atoms with E-state index in [2.05, 4.69) is 4.98 Å². The average molecular weight is 286 g/mol. The molecule has 0 bridgehead atoms. The normalized spacial score (nSPS) is 37.6. The first-order valence-corrected chi connectivity index (χ1v) is 6.05. The highest BCUT2D eigenvalue weighted by Crippen LogP contribution is 2.41. The summed E-state index contributed by atoms with van der Waals surface area (Å²) < 4.78 is 19.6. The molecule has 0 saturated carbocycles. The van der Waals surface area contributed by atoms with Crippen molar-refractivity contribution in [1.82, 2.24) is 4.98 Å². The molecule has 110 valence electrons. The maximum Gasteiger partial charge on any atom is 0.293 e. The van der Waals surface area contributed by atoms with Crippen molar-refractivity contribution < 1.29 is 24.3 Å². The molecular formula is C12H15FN2O5. The molecule has 2 N–H and O–H groups in total. The van der Waals surface area contributed by atoms with Crippen molar-refractivity contribution in [3.05, 3.63) is 34.1 Å². The van der Waals surface area contributed by atoms with E-state index >= 15 is 0 Å². The van der Waals surface area contributed by atoms with Gasteiger partial charge >= 0.3 is 0 Å². The highest BCUT2D eigenvalue weighted by molar-refractivity contribution is 5.39. The number of aliphatic hydroxyl groups excluding tert-OH is 1. The number of ether oxygens (including phenoxy) is 1. The lowest BCUT2D eigenvalue weighted by atomic mass is 9.83. The molecule has 2 rings (SSSR count). The second kappa shape index (κ2) is 5.04. The van der Waals surface area contributed by atoms with Crippen LogP contribution in [-0.2, 0) is 4.74 Å². The number of nitrogens with zero attached hydrogens (tertiary/aromatic N) is 2.